The smallest absolute Gasteiger partial charge is 0.182 e. The quantitative estimate of drug-likeness (QED) is 0.714. The maximum absolute atomic E-state index is 13.2. The third-order valence-corrected chi connectivity index (χ3v) is 3.00. The van der Waals surface area contributed by atoms with Crippen LogP contribution in [0, 0.1) is 5.82 Å². The van der Waals surface area contributed by atoms with Crippen LogP contribution in [0.2, 0.25) is 5.02 Å². The Kier molecular flexibility index (Phi) is 3.39. The first-order valence-corrected chi connectivity index (χ1v) is 6.32. The molecule has 3 aromatic rings. The molecule has 0 aliphatic heterocycles. The highest BCUT2D eigenvalue weighted by Gasteiger charge is 2.07. The highest BCUT2D eigenvalue weighted by atomic mass is 35.5. The number of hydrogen-bond donors (Lipinski definition) is 0. The van der Waals surface area contributed by atoms with Crippen LogP contribution in [0.15, 0.2) is 54.7 Å². The predicted octanol–water partition coefficient (Wildman–Crippen LogP) is 4.00. The first kappa shape index (κ1) is 12.7. The number of aromatic nitrogens is 3. The van der Waals surface area contributed by atoms with Gasteiger partial charge in [0, 0.05) is 16.1 Å². The Labute approximate surface area is 120 Å². The minimum Gasteiger partial charge on any atom is -0.225 e. The number of benzene rings is 2. The largest absolute Gasteiger partial charge is 0.225 e. The van der Waals surface area contributed by atoms with Crippen LogP contribution in [0.25, 0.3) is 22.6 Å². The molecule has 0 aliphatic carbocycles. The second kappa shape index (κ2) is 5.35. The molecule has 1 aromatic heterocycles. The predicted molar refractivity (Wildman–Crippen MR) is 75.7 cm³/mol. The Morgan fingerprint density at radius 1 is 0.950 bits per heavy atom. The zero-order valence-electron chi connectivity index (χ0n) is 10.3. The maximum atomic E-state index is 13.2. The van der Waals surface area contributed by atoms with Crippen molar-refractivity contribution in [3.05, 3.63) is 65.6 Å². The van der Waals surface area contributed by atoms with Gasteiger partial charge in [-0.25, -0.2) is 9.37 Å². The van der Waals surface area contributed by atoms with Gasteiger partial charge in [-0.2, -0.15) is 5.10 Å². The molecule has 5 heteroatoms. The first-order valence-electron chi connectivity index (χ1n) is 5.94. The van der Waals surface area contributed by atoms with Crippen molar-refractivity contribution in [3.63, 3.8) is 0 Å². The molecule has 0 saturated carbocycles. The molecular weight excluding hydrogens is 277 g/mol. The van der Waals surface area contributed by atoms with Gasteiger partial charge in [-0.15, -0.1) is 5.10 Å². The lowest BCUT2D eigenvalue weighted by atomic mass is 10.1. The Bertz CT molecular complexity index is 701. The minimum atomic E-state index is -0.334. The SMILES string of the molecule is Fc1cccc(-c2nncc(-c3cccc(Cl)c3)n2)c1. The summed E-state index contributed by atoms with van der Waals surface area (Å²) >= 11 is 5.96. The molecule has 0 spiro atoms. The lowest BCUT2D eigenvalue weighted by Gasteiger charge is -2.03. The van der Waals surface area contributed by atoms with E-state index in [1.807, 2.05) is 12.1 Å². The second-order valence-electron chi connectivity index (χ2n) is 4.19. The Morgan fingerprint density at radius 2 is 1.75 bits per heavy atom. The fourth-order valence-electron chi connectivity index (χ4n) is 1.84. The van der Waals surface area contributed by atoms with Gasteiger partial charge in [0.2, 0.25) is 0 Å². The normalized spacial score (nSPS) is 10.5. The van der Waals surface area contributed by atoms with Crippen LogP contribution < -0.4 is 0 Å². The van der Waals surface area contributed by atoms with Crippen molar-refractivity contribution >= 4 is 11.6 Å². The summed E-state index contributed by atoms with van der Waals surface area (Å²) in [5.41, 5.74) is 2.06. The molecule has 2 aromatic carbocycles. The van der Waals surface area contributed by atoms with E-state index in [1.165, 1.54) is 12.1 Å². The molecule has 1 heterocycles. The Balaban J connectivity index is 2.06. The molecule has 0 radical (unpaired) electrons. The van der Waals surface area contributed by atoms with Crippen molar-refractivity contribution in [3.8, 4) is 22.6 Å². The molecule has 98 valence electrons. The number of halogens is 2. The van der Waals surface area contributed by atoms with Gasteiger partial charge >= 0.3 is 0 Å². The van der Waals surface area contributed by atoms with Crippen LogP contribution in [0.4, 0.5) is 4.39 Å². The summed E-state index contributed by atoms with van der Waals surface area (Å²) in [6, 6.07) is 13.4. The highest BCUT2D eigenvalue weighted by molar-refractivity contribution is 6.30. The van der Waals surface area contributed by atoms with E-state index >= 15 is 0 Å². The summed E-state index contributed by atoms with van der Waals surface area (Å²) in [6.45, 7) is 0. The summed E-state index contributed by atoms with van der Waals surface area (Å²) in [7, 11) is 0. The van der Waals surface area contributed by atoms with Gasteiger partial charge in [0.25, 0.3) is 0 Å². The van der Waals surface area contributed by atoms with Crippen molar-refractivity contribution in [1.29, 1.82) is 0 Å². The van der Waals surface area contributed by atoms with E-state index < -0.39 is 0 Å². The van der Waals surface area contributed by atoms with Gasteiger partial charge in [0.05, 0.1) is 11.9 Å². The molecule has 0 saturated heterocycles. The monoisotopic (exact) mass is 285 g/mol. The molecule has 0 N–H and O–H groups in total. The van der Waals surface area contributed by atoms with Gasteiger partial charge < -0.3 is 0 Å². The molecule has 0 atom stereocenters. The van der Waals surface area contributed by atoms with Crippen LogP contribution in [0.5, 0.6) is 0 Å². The van der Waals surface area contributed by atoms with Crippen molar-refractivity contribution in [1.82, 2.24) is 15.2 Å². The Morgan fingerprint density at radius 3 is 2.55 bits per heavy atom. The summed E-state index contributed by atoms with van der Waals surface area (Å²) < 4.78 is 13.2. The van der Waals surface area contributed by atoms with E-state index in [0.717, 1.165) is 5.56 Å². The van der Waals surface area contributed by atoms with E-state index in [0.29, 0.717) is 22.1 Å². The first-order chi connectivity index (χ1) is 9.72. The van der Waals surface area contributed by atoms with Crippen LogP contribution in [-0.4, -0.2) is 15.2 Å². The molecular formula is C15H9ClFN3. The van der Waals surface area contributed by atoms with E-state index in [2.05, 4.69) is 15.2 Å². The second-order valence-corrected chi connectivity index (χ2v) is 4.62. The van der Waals surface area contributed by atoms with Gasteiger partial charge in [0.1, 0.15) is 5.82 Å². The van der Waals surface area contributed by atoms with Gasteiger partial charge in [-0.3, -0.25) is 0 Å². The summed E-state index contributed by atoms with van der Waals surface area (Å²) in [5.74, 6) is 0.0428. The van der Waals surface area contributed by atoms with Crippen LogP contribution in [0.3, 0.4) is 0 Å². The third kappa shape index (κ3) is 2.65. The molecule has 0 unspecified atom stereocenters. The number of hydrogen-bond acceptors (Lipinski definition) is 3. The molecule has 0 amide bonds. The zero-order chi connectivity index (χ0) is 13.9. The summed E-state index contributed by atoms with van der Waals surface area (Å²) in [6.07, 6.45) is 1.55. The molecule has 20 heavy (non-hydrogen) atoms. The number of nitrogens with zero attached hydrogens (tertiary/aromatic N) is 3. The lowest BCUT2D eigenvalue weighted by molar-refractivity contribution is 0.628. The molecule has 0 bridgehead atoms. The lowest BCUT2D eigenvalue weighted by Crippen LogP contribution is -1.95. The topological polar surface area (TPSA) is 38.7 Å². The molecule has 0 aliphatic rings. The van der Waals surface area contributed by atoms with E-state index in [9.17, 15) is 4.39 Å². The molecule has 0 fully saturated rings. The van der Waals surface area contributed by atoms with Gasteiger partial charge in [-0.05, 0) is 24.3 Å². The van der Waals surface area contributed by atoms with Crippen LogP contribution in [0.1, 0.15) is 0 Å². The Hall–Kier alpha value is -2.33. The van der Waals surface area contributed by atoms with E-state index in [-0.39, 0.29) is 5.82 Å². The zero-order valence-corrected chi connectivity index (χ0v) is 11.0. The van der Waals surface area contributed by atoms with Crippen LogP contribution in [-0.2, 0) is 0 Å². The average Bonchev–Trinajstić information content (AvgIpc) is 2.47. The minimum absolute atomic E-state index is 0.334. The molecule has 3 nitrogen and oxygen atoms in total. The fraction of sp³-hybridized carbons (Fsp3) is 0. The van der Waals surface area contributed by atoms with Crippen molar-refractivity contribution < 1.29 is 4.39 Å². The van der Waals surface area contributed by atoms with Crippen molar-refractivity contribution in [2.75, 3.05) is 0 Å². The fourth-order valence-corrected chi connectivity index (χ4v) is 2.03. The summed E-state index contributed by atoms with van der Waals surface area (Å²) in [4.78, 5) is 4.40. The van der Waals surface area contributed by atoms with Crippen molar-refractivity contribution in [2.24, 2.45) is 0 Å². The van der Waals surface area contributed by atoms with E-state index in [4.69, 9.17) is 11.6 Å². The molecule has 3 rings (SSSR count). The third-order valence-electron chi connectivity index (χ3n) is 2.76. The maximum Gasteiger partial charge on any atom is 0.182 e. The number of rotatable bonds is 2. The van der Waals surface area contributed by atoms with Gasteiger partial charge in [0.15, 0.2) is 5.82 Å². The average molecular weight is 286 g/mol. The van der Waals surface area contributed by atoms with Gasteiger partial charge in [-0.1, -0.05) is 35.9 Å². The van der Waals surface area contributed by atoms with Crippen molar-refractivity contribution in [2.45, 2.75) is 0 Å². The highest BCUT2D eigenvalue weighted by Crippen LogP contribution is 2.22. The van der Waals surface area contributed by atoms with Crippen LogP contribution >= 0.6 is 11.6 Å². The van der Waals surface area contributed by atoms with E-state index in [1.54, 1.807) is 30.5 Å². The standard InChI is InChI=1S/C15H9ClFN3/c16-12-5-1-3-10(7-12)14-9-18-20-15(19-14)11-4-2-6-13(17)8-11/h1-9H. The summed E-state index contributed by atoms with van der Waals surface area (Å²) in [5, 5.41) is 8.48.